The molecule has 6 heteroatoms. The van der Waals surface area contributed by atoms with Gasteiger partial charge in [0, 0.05) is 11.9 Å². The highest BCUT2D eigenvalue weighted by Crippen LogP contribution is 2.22. The second kappa shape index (κ2) is 7.09. The van der Waals surface area contributed by atoms with E-state index in [0.717, 1.165) is 17.0 Å². The first-order chi connectivity index (χ1) is 10.8. The van der Waals surface area contributed by atoms with Crippen molar-refractivity contribution >= 4 is 11.8 Å². The second-order valence-corrected chi connectivity index (χ2v) is 5.53. The number of nitrogens with zero attached hydrogens (tertiary/aromatic N) is 3. The third-order valence-corrected chi connectivity index (χ3v) is 3.86. The summed E-state index contributed by atoms with van der Waals surface area (Å²) in [6.45, 7) is 0. The van der Waals surface area contributed by atoms with E-state index in [-0.39, 0.29) is 0 Å². The molecule has 0 fully saturated rings. The van der Waals surface area contributed by atoms with Gasteiger partial charge in [-0.25, -0.2) is 0 Å². The number of benzene rings is 1. The topological polar surface area (TPSA) is 61.0 Å². The van der Waals surface area contributed by atoms with Crippen LogP contribution < -0.4 is 4.74 Å². The molecule has 0 spiro atoms. The molecule has 0 aliphatic heterocycles. The van der Waals surface area contributed by atoms with E-state index in [1.54, 1.807) is 13.3 Å². The summed E-state index contributed by atoms with van der Waals surface area (Å²) in [5.41, 5.74) is 2.06. The lowest BCUT2D eigenvalue weighted by molar-refractivity contribution is 0.412. The zero-order valence-electron chi connectivity index (χ0n) is 12.1. The Morgan fingerprint density at radius 3 is 2.91 bits per heavy atom. The molecule has 0 unspecified atom stereocenters. The highest BCUT2D eigenvalue weighted by molar-refractivity contribution is 7.98. The summed E-state index contributed by atoms with van der Waals surface area (Å²) >= 11 is 1.49. The SMILES string of the molecule is COc1cccc(Cc2nnc(SCc3ccccn3)o2)c1. The first kappa shape index (κ1) is 14.6. The van der Waals surface area contributed by atoms with Gasteiger partial charge in [0.2, 0.25) is 5.89 Å². The minimum atomic E-state index is 0.559. The van der Waals surface area contributed by atoms with Crippen molar-refractivity contribution in [3.8, 4) is 5.75 Å². The quantitative estimate of drug-likeness (QED) is 0.650. The van der Waals surface area contributed by atoms with Crippen LogP contribution in [0, 0.1) is 0 Å². The highest BCUT2D eigenvalue weighted by atomic mass is 32.2. The number of hydrogen-bond acceptors (Lipinski definition) is 6. The molecule has 0 N–H and O–H groups in total. The van der Waals surface area contributed by atoms with Gasteiger partial charge in [0.25, 0.3) is 5.22 Å². The lowest BCUT2D eigenvalue weighted by atomic mass is 10.1. The molecule has 0 radical (unpaired) electrons. The summed E-state index contributed by atoms with van der Waals surface area (Å²) in [7, 11) is 1.65. The van der Waals surface area contributed by atoms with Gasteiger partial charge in [-0.3, -0.25) is 4.98 Å². The van der Waals surface area contributed by atoms with Crippen molar-refractivity contribution in [2.45, 2.75) is 17.4 Å². The van der Waals surface area contributed by atoms with E-state index < -0.39 is 0 Å². The average molecular weight is 313 g/mol. The van der Waals surface area contributed by atoms with Crippen LogP contribution in [0.2, 0.25) is 0 Å². The maximum atomic E-state index is 5.65. The van der Waals surface area contributed by atoms with E-state index in [2.05, 4.69) is 15.2 Å². The van der Waals surface area contributed by atoms with Gasteiger partial charge in [-0.1, -0.05) is 30.0 Å². The van der Waals surface area contributed by atoms with Crippen LogP contribution in [0.15, 0.2) is 58.3 Å². The first-order valence-electron chi connectivity index (χ1n) is 6.81. The summed E-state index contributed by atoms with van der Waals surface area (Å²) in [5, 5.41) is 8.70. The van der Waals surface area contributed by atoms with Gasteiger partial charge in [-0.2, -0.15) is 0 Å². The van der Waals surface area contributed by atoms with Crippen LogP contribution >= 0.6 is 11.8 Å². The van der Waals surface area contributed by atoms with Crippen LogP contribution in [0.25, 0.3) is 0 Å². The number of pyridine rings is 1. The molecule has 2 aromatic heterocycles. The molecule has 0 bridgehead atoms. The zero-order chi connectivity index (χ0) is 15.2. The van der Waals surface area contributed by atoms with Crippen molar-refractivity contribution < 1.29 is 9.15 Å². The number of thioether (sulfide) groups is 1. The molecule has 3 rings (SSSR count). The number of methoxy groups -OCH3 is 1. The number of aromatic nitrogens is 3. The summed E-state index contributed by atoms with van der Waals surface area (Å²) < 4.78 is 10.9. The van der Waals surface area contributed by atoms with Crippen LogP contribution in [0.3, 0.4) is 0 Å². The number of hydrogen-bond donors (Lipinski definition) is 0. The Kier molecular flexibility index (Phi) is 4.70. The summed E-state index contributed by atoms with van der Waals surface area (Å²) in [6.07, 6.45) is 2.37. The maximum absolute atomic E-state index is 5.65. The fraction of sp³-hybridized carbons (Fsp3) is 0.188. The smallest absolute Gasteiger partial charge is 0.276 e. The lowest BCUT2D eigenvalue weighted by Gasteiger charge is -2.01. The molecule has 112 valence electrons. The fourth-order valence-electron chi connectivity index (χ4n) is 1.94. The molecule has 3 aromatic rings. The first-order valence-corrected chi connectivity index (χ1v) is 7.80. The van der Waals surface area contributed by atoms with E-state index in [4.69, 9.17) is 9.15 Å². The van der Waals surface area contributed by atoms with Gasteiger partial charge in [0.15, 0.2) is 0 Å². The fourth-order valence-corrected chi connectivity index (χ4v) is 2.64. The monoisotopic (exact) mass is 313 g/mol. The molecule has 22 heavy (non-hydrogen) atoms. The predicted molar refractivity (Wildman–Crippen MR) is 83.9 cm³/mol. The summed E-state index contributed by atoms with van der Waals surface area (Å²) in [5.74, 6) is 2.13. The van der Waals surface area contributed by atoms with Crippen molar-refractivity contribution in [1.82, 2.24) is 15.2 Å². The van der Waals surface area contributed by atoms with E-state index in [9.17, 15) is 0 Å². The summed E-state index contributed by atoms with van der Waals surface area (Å²) in [4.78, 5) is 4.26. The molecule has 2 heterocycles. The van der Waals surface area contributed by atoms with Crippen LogP contribution in [-0.2, 0) is 12.2 Å². The van der Waals surface area contributed by atoms with E-state index in [1.165, 1.54) is 11.8 Å². The van der Waals surface area contributed by atoms with Crippen LogP contribution in [-0.4, -0.2) is 22.3 Å². The molecular weight excluding hydrogens is 298 g/mol. The van der Waals surface area contributed by atoms with Crippen molar-refractivity contribution in [3.63, 3.8) is 0 Å². The standard InChI is InChI=1S/C16H15N3O2S/c1-20-14-7-4-5-12(9-14)10-15-18-19-16(21-15)22-11-13-6-2-3-8-17-13/h2-9H,10-11H2,1H3. The van der Waals surface area contributed by atoms with Crippen LogP contribution in [0.1, 0.15) is 17.1 Å². The second-order valence-electron chi connectivity index (χ2n) is 4.60. The lowest BCUT2D eigenvalue weighted by Crippen LogP contribution is -1.90. The van der Waals surface area contributed by atoms with Gasteiger partial charge in [-0.15, -0.1) is 10.2 Å². The van der Waals surface area contributed by atoms with Gasteiger partial charge >= 0.3 is 0 Å². The predicted octanol–water partition coefficient (Wildman–Crippen LogP) is 3.36. The van der Waals surface area contributed by atoms with E-state index in [1.807, 2.05) is 42.5 Å². The molecular formula is C16H15N3O2S. The highest BCUT2D eigenvalue weighted by Gasteiger charge is 2.08. The van der Waals surface area contributed by atoms with Crippen molar-refractivity contribution in [3.05, 3.63) is 65.8 Å². The third kappa shape index (κ3) is 3.85. The molecule has 0 aliphatic carbocycles. The molecule has 1 aromatic carbocycles. The van der Waals surface area contributed by atoms with Crippen molar-refractivity contribution in [1.29, 1.82) is 0 Å². The largest absolute Gasteiger partial charge is 0.497 e. The molecule has 0 amide bonds. The number of rotatable bonds is 6. The van der Waals surface area contributed by atoms with E-state index in [0.29, 0.717) is 23.3 Å². The third-order valence-electron chi connectivity index (χ3n) is 3.01. The van der Waals surface area contributed by atoms with Gasteiger partial charge < -0.3 is 9.15 Å². The molecule has 0 saturated heterocycles. The summed E-state index contributed by atoms with van der Waals surface area (Å²) in [6, 6.07) is 13.7. The van der Waals surface area contributed by atoms with Crippen molar-refractivity contribution in [2.75, 3.05) is 7.11 Å². The van der Waals surface area contributed by atoms with Gasteiger partial charge in [0.1, 0.15) is 5.75 Å². The minimum Gasteiger partial charge on any atom is -0.497 e. The van der Waals surface area contributed by atoms with Crippen LogP contribution in [0.5, 0.6) is 5.75 Å². The zero-order valence-corrected chi connectivity index (χ0v) is 12.9. The van der Waals surface area contributed by atoms with E-state index >= 15 is 0 Å². The Hall–Kier alpha value is -2.34. The number of ether oxygens (including phenoxy) is 1. The Morgan fingerprint density at radius 2 is 2.09 bits per heavy atom. The Bertz CT molecular complexity index is 731. The normalized spacial score (nSPS) is 10.6. The van der Waals surface area contributed by atoms with Crippen molar-refractivity contribution in [2.24, 2.45) is 0 Å². The van der Waals surface area contributed by atoms with Gasteiger partial charge in [-0.05, 0) is 29.8 Å². The molecule has 0 atom stereocenters. The average Bonchev–Trinajstić information content (AvgIpc) is 3.01. The molecule has 0 aliphatic rings. The molecule has 0 saturated carbocycles. The maximum Gasteiger partial charge on any atom is 0.276 e. The Labute approximate surface area is 132 Å². The van der Waals surface area contributed by atoms with Gasteiger partial charge in [0.05, 0.1) is 19.2 Å². The van der Waals surface area contributed by atoms with Crippen LogP contribution in [0.4, 0.5) is 0 Å². The Morgan fingerprint density at radius 1 is 1.14 bits per heavy atom. The Balaban J connectivity index is 1.61. The minimum absolute atomic E-state index is 0.559. The molecule has 5 nitrogen and oxygen atoms in total.